The number of fused-ring (bicyclic) bond motifs is 2. The zero-order chi connectivity index (χ0) is 22.6. The Morgan fingerprint density at radius 2 is 2.03 bits per heavy atom. The molecular weight excluding hydrogens is 422 g/mol. The van der Waals surface area contributed by atoms with Gasteiger partial charge in [-0.1, -0.05) is 6.07 Å². The summed E-state index contributed by atoms with van der Waals surface area (Å²) in [4.78, 5) is 21.6. The number of ether oxygens (including phenoxy) is 3. The molecule has 0 saturated carbocycles. The summed E-state index contributed by atoms with van der Waals surface area (Å²) < 4.78 is 16.4. The van der Waals surface area contributed by atoms with E-state index in [2.05, 4.69) is 32.0 Å². The maximum atomic E-state index is 12.9. The first-order chi connectivity index (χ1) is 16.2. The highest BCUT2D eigenvalue weighted by molar-refractivity contribution is 6.01. The van der Waals surface area contributed by atoms with Crippen LogP contribution in [0.5, 0.6) is 17.4 Å². The fraction of sp³-hybridized carbons (Fsp3) is 0.375. The van der Waals surface area contributed by atoms with E-state index >= 15 is 0 Å². The van der Waals surface area contributed by atoms with Crippen molar-refractivity contribution in [3.05, 3.63) is 48.2 Å². The first kappa shape index (κ1) is 21.4. The van der Waals surface area contributed by atoms with Gasteiger partial charge in [0.05, 0.1) is 24.4 Å². The minimum atomic E-state index is -0.258. The number of amides is 1. The average molecular weight is 450 g/mol. The zero-order valence-electron chi connectivity index (χ0n) is 18.5. The third-order valence-corrected chi connectivity index (χ3v) is 5.96. The lowest BCUT2D eigenvalue weighted by Crippen LogP contribution is -2.51. The molecule has 4 heterocycles. The van der Waals surface area contributed by atoms with Gasteiger partial charge in [-0.05, 0) is 42.7 Å². The van der Waals surface area contributed by atoms with Gasteiger partial charge in [-0.2, -0.15) is 0 Å². The molecule has 33 heavy (non-hydrogen) atoms. The van der Waals surface area contributed by atoms with Gasteiger partial charge in [0.15, 0.2) is 11.5 Å². The van der Waals surface area contributed by atoms with E-state index in [1.165, 1.54) is 0 Å². The van der Waals surface area contributed by atoms with Crippen LogP contribution < -0.4 is 30.2 Å². The largest absolute Gasteiger partial charge is 0.486 e. The molecule has 1 amide bonds. The van der Waals surface area contributed by atoms with E-state index in [0.717, 1.165) is 36.4 Å². The van der Waals surface area contributed by atoms with Gasteiger partial charge >= 0.3 is 0 Å². The van der Waals surface area contributed by atoms with Crippen molar-refractivity contribution in [1.29, 1.82) is 0 Å². The maximum absolute atomic E-state index is 12.9. The van der Waals surface area contributed by atoms with Crippen LogP contribution in [0.25, 0.3) is 11.0 Å². The van der Waals surface area contributed by atoms with E-state index in [9.17, 15) is 4.79 Å². The first-order valence-electron chi connectivity index (χ1n) is 11.2. The van der Waals surface area contributed by atoms with Crippen molar-refractivity contribution in [3.63, 3.8) is 0 Å². The van der Waals surface area contributed by atoms with Crippen LogP contribution in [0.2, 0.25) is 0 Å². The molecule has 2 aliphatic rings. The fourth-order valence-electron chi connectivity index (χ4n) is 4.16. The number of hydrogen-bond donors (Lipinski definition) is 3. The fourth-order valence-corrected chi connectivity index (χ4v) is 4.16. The van der Waals surface area contributed by atoms with Gasteiger partial charge in [0, 0.05) is 31.4 Å². The Balaban J connectivity index is 1.14. The number of piperidine rings is 1. The molecule has 0 bridgehead atoms. The van der Waals surface area contributed by atoms with Gasteiger partial charge in [-0.15, -0.1) is 0 Å². The van der Waals surface area contributed by atoms with Crippen molar-refractivity contribution in [2.24, 2.45) is 0 Å². The summed E-state index contributed by atoms with van der Waals surface area (Å²) in [5.41, 5.74) is 3.09. The quantitative estimate of drug-likeness (QED) is 0.526. The van der Waals surface area contributed by atoms with Crippen LogP contribution in [-0.2, 0) is 11.3 Å². The van der Waals surface area contributed by atoms with Crippen LogP contribution in [-0.4, -0.2) is 54.8 Å². The smallest absolute Gasteiger partial charge is 0.241 e. The number of aromatic nitrogens is 2. The van der Waals surface area contributed by atoms with E-state index in [1.807, 2.05) is 18.2 Å². The summed E-state index contributed by atoms with van der Waals surface area (Å²) in [5.74, 6) is 2.01. The second-order valence-electron chi connectivity index (χ2n) is 8.16. The highest BCUT2D eigenvalue weighted by Gasteiger charge is 2.26. The molecule has 0 unspecified atom stereocenters. The Bertz CT molecular complexity index is 1150. The lowest BCUT2D eigenvalue weighted by Gasteiger charge is -2.30. The Morgan fingerprint density at radius 1 is 1.15 bits per heavy atom. The van der Waals surface area contributed by atoms with Crippen LogP contribution in [0.15, 0.2) is 42.6 Å². The third kappa shape index (κ3) is 4.84. The highest BCUT2D eigenvalue weighted by atomic mass is 16.6. The van der Waals surface area contributed by atoms with Crippen molar-refractivity contribution in [2.75, 3.05) is 32.2 Å². The Morgan fingerprint density at radius 3 is 2.85 bits per heavy atom. The van der Waals surface area contributed by atoms with E-state index in [-0.39, 0.29) is 18.0 Å². The molecule has 172 valence electrons. The van der Waals surface area contributed by atoms with Crippen molar-refractivity contribution in [2.45, 2.75) is 31.5 Å². The van der Waals surface area contributed by atoms with Crippen LogP contribution in [0.1, 0.15) is 18.4 Å². The van der Waals surface area contributed by atoms with Crippen molar-refractivity contribution in [1.82, 2.24) is 20.6 Å². The molecule has 9 nitrogen and oxygen atoms in total. The molecule has 0 spiro atoms. The molecule has 2 aromatic heterocycles. The number of benzene rings is 1. The number of methoxy groups -OCH3 is 1. The number of carbonyl (C=O) groups excluding carboxylic acids is 1. The number of nitrogens with zero attached hydrogens (tertiary/aromatic N) is 2. The summed E-state index contributed by atoms with van der Waals surface area (Å²) in [6.45, 7) is 2.62. The zero-order valence-corrected chi connectivity index (χ0v) is 18.5. The Kier molecular flexibility index (Phi) is 6.23. The molecule has 1 fully saturated rings. The molecule has 1 aromatic carbocycles. The second-order valence-corrected chi connectivity index (χ2v) is 8.16. The number of pyridine rings is 2. The van der Waals surface area contributed by atoms with Crippen molar-refractivity contribution in [3.8, 4) is 17.4 Å². The molecule has 3 aromatic rings. The molecule has 1 saturated heterocycles. The molecule has 3 N–H and O–H groups in total. The minimum absolute atomic E-state index is 0.0718. The van der Waals surface area contributed by atoms with E-state index < -0.39 is 0 Å². The van der Waals surface area contributed by atoms with Crippen molar-refractivity contribution >= 4 is 22.6 Å². The molecule has 9 heteroatoms. The first-order valence-corrected chi connectivity index (χ1v) is 11.2. The normalized spacial score (nSPS) is 19.8. The predicted octanol–water partition coefficient (Wildman–Crippen LogP) is 2.26. The van der Waals surface area contributed by atoms with Gasteiger partial charge in [0.25, 0.3) is 0 Å². The van der Waals surface area contributed by atoms with Gasteiger partial charge in [-0.25, -0.2) is 4.98 Å². The van der Waals surface area contributed by atoms with Gasteiger partial charge < -0.3 is 30.2 Å². The molecule has 2 atom stereocenters. The summed E-state index contributed by atoms with van der Waals surface area (Å²) in [6.07, 6.45) is 3.31. The van der Waals surface area contributed by atoms with Crippen LogP contribution in [0.3, 0.4) is 0 Å². The van der Waals surface area contributed by atoms with Gasteiger partial charge in [-0.3, -0.25) is 9.78 Å². The van der Waals surface area contributed by atoms with E-state index in [1.54, 1.807) is 25.4 Å². The van der Waals surface area contributed by atoms with Gasteiger partial charge in [0.2, 0.25) is 11.8 Å². The SMILES string of the molecule is COc1ccc2nccc(NC(=O)[C@@H]3CC[C@@H](NCc4ccc5c(c4)OCCO5)CN3)c2n1. The third-order valence-electron chi connectivity index (χ3n) is 5.96. The standard InChI is InChI=1S/C24H27N5O4/c1-31-22-7-5-17-23(29-22)18(8-9-25-17)28-24(30)19-4-3-16(14-27-19)26-13-15-2-6-20-21(12-15)33-11-10-32-20/h2,5-9,12,16,19,26-27H,3-4,10-11,13-14H2,1H3,(H,25,28,30)/t16-,19+/m1/s1. The lowest BCUT2D eigenvalue weighted by atomic mass is 9.99. The summed E-state index contributed by atoms with van der Waals surface area (Å²) >= 11 is 0. The van der Waals surface area contributed by atoms with Gasteiger partial charge in [0.1, 0.15) is 18.7 Å². The van der Waals surface area contributed by atoms with E-state index in [0.29, 0.717) is 42.4 Å². The molecule has 0 aliphatic carbocycles. The lowest BCUT2D eigenvalue weighted by molar-refractivity contribution is -0.118. The van der Waals surface area contributed by atoms with Crippen LogP contribution >= 0.6 is 0 Å². The second kappa shape index (κ2) is 9.60. The maximum Gasteiger partial charge on any atom is 0.241 e. The predicted molar refractivity (Wildman–Crippen MR) is 124 cm³/mol. The van der Waals surface area contributed by atoms with E-state index in [4.69, 9.17) is 14.2 Å². The monoisotopic (exact) mass is 449 g/mol. The summed E-state index contributed by atoms with van der Waals surface area (Å²) in [5, 5.41) is 9.94. The highest BCUT2D eigenvalue weighted by Crippen LogP contribution is 2.30. The number of anilines is 1. The topological polar surface area (TPSA) is 107 Å². The number of rotatable bonds is 6. The van der Waals surface area contributed by atoms with Crippen LogP contribution in [0.4, 0.5) is 5.69 Å². The molecule has 0 radical (unpaired) electrons. The Labute approximate surface area is 191 Å². The molecular formula is C24H27N5O4. The van der Waals surface area contributed by atoms with Crippen molar-refractivity contribution < 1.29 is 19.0 Å². The molecule has 2 aliphatic heterocycles. The Hall–Kier alpha value is -3.43. The minimum Gasteiger partial charge on any atom is -0.486 e. The molecule has 5 rings (SSSR count). The summed E-state index contributed by atoms with van der Waals surface area (Å²) in [6, 6.07) is 11.4. The number of hydrogen-bond acceptors (Lipinski definition) is 8. The van der Waals surface area contributed by atoms with Crippen LogP contribution in [0, 0.1) is 0 Å². The number of carbonyl (C=O) groups is 1. The average Bonchev–Trinajstić information content (AvgIpc) is 2.87. The summed E-state index contributed by atoms with van der Waals surface area (Å²) in [7, 11) is 1.56. The number of nitrogens with one attached hydrogen (secondary N) is 3.